The Morgan fingerprint density at radius 1 is 1.02 bits per heavy atom. The van der Waals surface area contributed by atoms with E-state index in [0.717, 1.165) is 10.7 Å². The third-order valence-corrected chi connectivity index (χ3v) is 6.96. The minimum Gasteiger partial charge on any atom is -0.350 e. The second-order valence-corrected chi connectivity index (χ2v) is 10.9. The normalized spacial score (nSPS) is 11.9. The van der Waals surface area contributed by atoms with Crippen LogP contribution in [0.1, 0.15) is 73.8 Å². The zero-order valence-electron chi connectivity index (χ0n) is 23.9. The number of carbonyl (C=O) groups excluding carboxylic acids is 2. The zero-order valence-corrected chi connectivity index (χ0v) is 24.7. The van der Waals surface area contributed by atoms with E-state index in [0.29, 0.717) is 23.3 Å². The number of amides is 1. The lowest BCUT2D eigenvalue weighted by Gasteiger charge is -2.16. The highest BCUT2D eigenvalue weighted by molar-refractivity contribution is 6.32. The first kappa shape index (κ1) is 33.2. The van der Waals surface area contributed by atoms with E-state index in [-0.39, 0.29) is 57.8 Å². The molecular formula is C31H24ClF6N5O2. The molecule has 4 rings (SSSR count). The van der Waals surface area contributed by atoms with E-state index in [9.17, 15) is 41.2 Å². The van der Waals surface area contributed by atoms with Gasteiger partial charge < -0.3 is 5.32 Å². The molecule has 0 aliphatic heterocycles. The van der Waals surface area contributed by atoms with Crippen molar-refractivity contribution in [2.45, 2.75) is 52.0 Å². The molecule has 45 heavy (non-hydrogen) atoms. The van der Waals surface area contributed by atoms with Crippen molar-refractivity contribution in [1.29, 1.82) is 5.26 Å². The van der Waals surface area contributed by atoms with Gasteiger partial charge in [0.05, 0.1) is 33.5 Å². The van der Waals surface area contributed by atoms with E-state index in [1.54, 1.807) is 20.8 Å². The van der Waals surface area contributed by atoms with E-state index < -0.39 is 35.2 Å². The molecule has 0 atom stereocenters. The lowest BCUT2D eigenvalue weighted by Crippen LogP contribution is -2.31. The summed E-state index contributed by atoms with van der Waals surface area (Å²) < 4.78 is 81.6. The van der Waals surface area contributed by atoms with Gasteiger partial charge in [-0.3, -0.25) is 9.59 Å². The summed E-state index contributed by atoms with van der Waals surface area (Å²) in [6.45, 7) is 5.13. The van der Waals surface area contributed by atoms with Crippen LogP contribution < -0.4 is 5.32 Å². The van der Waals surface area contributed by atoms with Gasteiger partial charge in [-0.25, -0.2) is 9.67 Å². The molecule has 2 aromatic carbocycles. The molecule has 0 bridgehead atoms. The summed E-state index contributed by atoms with van der Waals surface area (Å²) in [4.78, 5) is 31.0. The van der Waals surface area contributed by atoms with Gasteiger partial charge in [-0.1, -0.05) is 17.7 Å². The molecule has 0 fully saturated rings. The van der Waals surface area contributed by atoms with Crippen LogP contribution in [0.15, 0.2) is 54.7 Å². The van der Waals surface area contributed by atoms with Crippen molar-refractivity contribution in [3.05, 3.63) is 110 Å². The third-order valence-electron chi connectivity index (χ3n) is 6.67. The first-order chi connectivity index (χ1) is 21.0. The number of hydrogen-bond acceptors (Lipinski definition) is 5. The first-order valence-corrected chi connectivity index (χ1v) is 13.7. The van der Waals surface area contributed by atoms with E-state index in [2.05, 4.69) is 15.4 Å². The Hall–Kier alpha value is -4.70. The standard InChI is InChI=1S/C31H24ClF6N5O2/c1-16(2)41-29(45)22-11-19(15-39)9-17(3)21(22)14-27(44)26-13-20(42-43(26)28-25(32)5-4-8-40-28)10-18-6-7-23(30(33,34)35)24(12-18)31(36,37)38/h4-9,11-13,16H,10,14H2,1-3H3,(H,41,45). The van der Waals surface area contributed by atoms with Crippen molar-refractivity contribution < 1.29 is 35.9 Å². The number of alkyl halides is 6. The number of halogens is 7. The molecule has 4 aromatic rings. The van der Waals surface area contributed by atoms with Crippen LogP contribution in [0.25, 0.3) is 5.82 Å². The number of carbonyl (C=O) groups is 2. The Kier molecular flexibility index (Phi) is 9.39. The Morgan fingerprint density at radius 2 is 1.71 bits per heavy atom. The van der Waals surface area contributed by atoms with Gasteiger partial charge in [-0.15, -0.1) is 0 Å². The number of aromatic nitrogens is 3. The number of nitriles is 1. The Morgan fingerprint density at radius 3 is 2.31 bits per heavy atom. The predicted octanol–water partition coefficient (Wildman–Crippen LogP) is 7.29. The summed E-state index contributed by atoms with van der Waals surface area (Å²) >= 11 is 6.32. The fraction of sp³-hybridized carbons (Fsp3) is 0.258. The molecule has 0 unspecified atom stereocenters. The number of pyridine rings is 1. The third kappa shape index (κ3) is 7.51. The Labute approximate surface area is 258 Å². The summed E-state index contributed by atoms with van der Waals surface area (Å²) in [6.07, 6.45) is -9.83. The smallest absolute Gasteiger partial charge is 0.350 e. The molecule has 0 saturated heterocycles. The number of ketones is 1. The zero-order chi connectivity index (χ0) is 33.3. The Balaban J connectivity index is 1.80. The number of aryl methyl sites for hydroxylation is 1. The van der Waals surface area contributed by atoms with Crippen LogP contribution in [0.4, 0.5) is 26.3 Å². The highest BCUT2D eigenvalue weighted by Crippen LogP contribution is 2.41. The topological polar surface area (TPSA) is 101 Å². The lowest BCUT2D eigenvalue weighted by molar-refractivity contribution is -0.162. The maximum atomic E-state index is 13.8. The average molecular weight is 648 g/mol. The van der Waals surface area contributed by atoms with Gasteiger partial charge in [-0.2, -0.15) is 36.7 Å². The van der Waals surface area contributed by atoms with Crippen LogP contribution in [0.3, 0.4) is 0 Å². The fourth-order valence-electron chi connectivity index (χ4n) is 4.71. The van der Waals surface area contributed by atoms with Gasteiger partial charge in [-0.05, 0) is 79.9 Å². The van der Waals surface area contributed by atoms with Gasteiger partial charge >= 0.3 is 12.4 Å². The van der Waals surface area contributed by atoms with Crippen LogP contribution in [0, 0.1) is 18.3 Å². The minimum absolute atomic E-state index is 0.0199. The number of nitrogens with zero attached hydrogens (tertiary/aromatic N) is 4. The molecule has 14 heteroatoms. The van der Waals surface area contributed by atoms with Crippen LogP contribution in [-0.2, 0) is 25.2 Å². The molecule has 234 valence electrons. The highest BCUT2D eigenvalue weighted by Gasteiger charge is 2.43. The molecule has 1 N–H and O–H groups in total. The molecule has 1 amide bonds. The fourth-order valence-corrected chi connectivity index (χ4v) is 4.91. The molecule has 0 radical (unpaired) electrons. The van der Waals surface area contributed by atoms with Gasteiger partial charge in [0, 0.05) is 30.6 Å². The molecule has 2 heterocycles. The Bertz CT molecular complexity index is 1820. The molecule has 0 aliphatic rings. The van der Waals surface area contributed by atoms with Crippen molar-refractivity contribution >= 4 is 23.3 Å². The number of Topliss-reactive ketones (excluding diaryl/α,β-unsaturated/α-hetero) is 1. The van der Waals surface area contributed by atoms with Gasteiger partial charge in [0.2, 0.25) is 0 Å². The number of hydrogen-bond donors (Lipinski definition) is 1. The second-order valence-electron chi connectivity index (χ2n) is 10.5. The molecule has 0 aliphatic carbocycles. The molecule has 0 saturated carbocycles. The van der Waals surface area contributed by atoms with Crippen LogP contribution >= 0.6 is 11.6 Å². The lowest BCUT2D eigenvalue weighted by atomic mass is 9.93. The van der Waals surface area contributed by atoms with Crippen LogP contribution in [0.5, 0.6) is 0 Å². The van der Waals surface area contributed by atoms with Crippen LogP contribution in [0.2, 0.25) is 5.02 Å². The number of benzene rings is 2. The maximum Gasteiger partial charge on any atom is 0.417 e. The van der Waals surface area contributed by atoms with Crippen molar-refractivity contribution in [2.24, 2.45) is 0 Å². The summed E-state index contributed by atoms with van der Waals surface area (Å²) in [5.41, 5.74) is -2.72. The van der Waals surface area contributed by atoms with Gasteiger partial charge in [0.15, 0.2) is 11.6 Å². The maximum absolute atomic E-state index is 13.8. The summed E-state index contributed by atoms with van der Waals surface area (Å²) in [5, 5.41) is 16.6. The second kappa shape index (κ2) is 12.7. The molecule has 0 spiro atoms. The monoisotopic (exact) mass is 647 g/mol. The predicted molar refractivity (Wildman–Crippen MR) is 152 cm³/mol. The molecule has 7 nitrogen and oxygen atoms in total. The van der Waals surface area contributed by atoms with Crippen molar-refractivity contribution in [2.75, 3.05) is 0 Å². The first-order valence-electron chi connectivity index (χ1n) is 13.3. The molecular weight excluding hydrogens is 624 g/mol. The van der Waals surface area contributed by atoms with Crippen molar-refractivity contribution in [1.82, 2.24) is 20.1 Å². The van der Waals surface area contributed by atoms with Crippen LogP contribution in [-0.4, -0.2) is 32.5 Å². The summed E-state index contributed by atoms with van der Waals surface area (Å²) in [5.74, 6) is -1.06. The summed E-state index contributed by atoms with van der Waals surface area (Å²) in [7, 11) is 0. The number of nitrogens with one attached hydrogen (secondary N) is 1. The quantitative estimate of drug-likeness (QED) is 0.160. The van der Waals surface area contributed by atoms with Crippen molar-refractivity contribution in [3.63, 3.8) is 0 Å². The summed E-state index contributed by atoms with van der Waals surface area (Å²) in [6, 6.07) is 10.6. The highest BCUT2D eigenvalue weighted by atomic mass is 35.5. The van der Waals surface area contributed by atoms with E-state index in [1.165, 1.54) is 36.5 Å². The van der Waals surface area contributed by atoms with E-state index in [4.69, 9.17) is 11.6 Å². The molecule has 2 aromatic heterocycles. The van der Waals surface area contributed by atoms with Gasteiger partial charge in [0.1, 0.15) is 5.69 Å². The van der Waals surface area contributed by atoms with E-state index in [1.807, 2.05) is 6.07 Å². The largest absolute Gasteiger partial charge is 0.417 e. The van der Waals surface area contributed by atoms with Crippen molar-refractivity contribution in [3.8, 4) is 11.9 Å². The minimum atomic E-state index is -5.28. The van der Waals surface area contributed by atoms with E-state index >= 15 is 0 Å². The average Bonchev–Trinajstić information content (AvgIpc) is 3.36. The number of rotatable bonds is 8. The van der Waals surface area contributed by atoms with Gasteiger partial charge in [0.25, 0.3) is 5.91 Å². The SMILES string of the molecule is Cc1cc(C#N)cc(C(=O)NC(C)C)c1CC(=O)c1cc(Cc2ccc(C(F)(F)F)c(C(F)(F)F)c2)nn1-c1ncccc1Cl.